The van der Waals surface area contributed by atoms with Crippen LogP contribution in [0, 0.1) is 17.4 Å². The number of amides is 1. The first-order valence-corrected chi connectivity index (χ1v) is 8.69. The first-order chi connectivity index (χ1) is 12.0. The molecule has 0 aliphatic rings. The van der Waals surface area contributed by atoms with Crippen LogP contribution in [0.5, 0.6) is 5.75 Å². The number of ether oxygens (including phenoxy) is 1. The zero-order chi connectivity index (χ0) is 17.8. The van der Waals surface area contributed by atoms with Crippen molar-refractivity contribution in [2.24, 2.45) is 0 Å². The smallest absolute Gasteiger partial charge is 0.259 e. The lowest BCUT2D eigenvalue weighted by atomic mass is 10.1. The van der Waals surface area contributed by atoms with Crippen molar-refractivity contribution in [3.05, 3.63) is 68.9 Å². The lowest BCUT2D eigenvalue weighted by Gasteiger charge is -2.11. The zero-order valence-corrected chi connectivity index (χ0v) is 15.9. The molecule has 0 saturated carbocycles. The number of benzene rings is 2. The summed E-state index contributed by atoms with van der Waals surface area (Å²) in [7, 11) is 0. The molecule has 1 amide bonds. The van der Waals surface area contributed by atoms with E-state index in [9.17, 15) is 4.79 Å². The van der Waals surface area contributed by atoms with Crippen LogP contribution in [0.25, 0.3) is 0 Å². The minimum atomic E-state index is -0.237. The number of halogens is 1. The maximum absolute atomic E-state index is 12.6. The summed E-state index contributed by atoms with van der Waals surface area (Å²) in [5.41, 5.74) is 2.35. The third-order valence-corrected chi connectivity index (χ3v) is 4.65. The van der Waals surface area contributed by atoms with Crippen molar-refractivity contribution < 1.29 is 14.1 Å². The molecule has 2 aromatic carbocycles. The van der Waals surface area contributed by atoms with E-state index in [0.29, 0.717) is 23.0 Å². The van der Waals surface area contributed by atoms with Crippen LogP contribution in [-0.2, 0) is 6.61 Å². The Morgan fingerprint density at radius 1 is 1.24 bits per heavy atom. The van der Waals surface area contributed by atoms with Gasteiger partial charge in [-0.3, -0.25) is 4.79 Å². The van der Waals surface area contributed by atoms with Crippen molar-refractivity contribution in [3.63, 3.8) is 0 Å². The Morgan fingerprint density at radius 3 is 2.76 bits per heavy atom. The van der Waals surface area contributed by atoms with Gasteiger partial charge in [-0.25, -0.2) is 0 Å². The Morgan fingerprint density at radius 2 is 2.04 bits per heavy atom. The van der Waals surface area contributed by atoms with E-state index in [-0.39, 0.29) is 12.5 Å². The number of hydrogen-bond acceptors (Lipinski definition) is 5. The summed E-state index contributed by atoms with van der Waals surface area (Å²) in [6.07, 6.45) is 0. The molecule has 0 bridgehead atoms. The number of carbonyl (C=O) groups is 1. The molecule has 0 unspecified atom stereocenters. The molecule has 1 aromatic heterocycles. The molecule has 3 aromatic rings. The Labute approximate surface area is 158 Å². The average molecular weight is 449 g/mol. The number of aromatic nitrogens is 2. The Bertz CT molecular complexity index is 908. The second-order valence-electron chi connectivity index (χ2n) is 5.43. The van der Waals surface area contributed by atoms with Gasteiger partial charge in [0, 0.05) is 16.2 Å². The molecule has 1 heterocycles. The molecule has 25 heavy (non-hydrogen) atoms. The van der Waals surface area contributed by atoms with Gasteiger partial charge in [0.1, 0.15) is 5.75 Å². The van der Waals surface area contributed by atoms with Gasteiger partial charge in [0.05, 0.1) is 5.56 Å². The van der Waals surface area contributed by atoms with Crippen LogP contribution in [-0.4, -0.2) is 16.0 Å². The minimum Gasteiger partial charge on any atom is -0.485 e. The molecular formula is C18H16IN3O3. The largest absolute Gasteiger partial charge is 0.485 e. The number of rotatable bonds is 5. The van der Waals surface area contributed by atoms with Crippen LogP contribution >= 0.6 is 22.6 Å². The molecule has 1 N–H and O–H groups in total. The van der Waals surface area contributed by atoms with Crippen LogP contribution in [0.4, 0.5) is 5.69 Å². The summed E-state index contributed by atoms with van der Waals surface area (Å²) in [5, 5.41) is 6.67. The third kappa shape index (κ3) is 4.36. The molecule has 0 atom stereocenters. The monoisotopic (exact) mass is 449 g/mol. The molecule has 128 valence electrons. The molecule has 0 spiro atoms. The fourth-order valence-electron chi connectivity index (χ4n) is 2.19. The molecule has 0 fully saturated rings. The van der Waals surface area contributed by atoms with Gasteiger partial charge < -0.3 is 14.6 Å². The molecule has 6 nitrogen and oxygen atoms in total. The van der Waals surface area contributed by atoms with Crippen molar-refractivity contribution >= 4 is 34.2 Å². The summed E-state index contributed by atoms with van der Waals surface area (Å²) in [6, 6.07) is 12.8. The van der Waals surface area contributed by atoms with E-state index in [1.165, 1.54) is 0 Å². The summed E-state index contributed by atoms with van der Waals surface area (Å²) >= 11 is 2.24. The number of carbonyl (C=O) groups excluding carboxylic acids is 1. The highest BCUT2D eigenvalue weighted by Crippen LogP contribution is 2.22. The topological polar surface area (TPSA) is 77.2 Å². The van der Waals surface area contributed by atoms with Crippen molar-refractivity contribution in [3.8, 4) is 5.75 Å². The van der Waals surface area contributed by atoms with E-state index in [1.54, 1.807) is 25.1 Å². The number of aryl methyl sites for hydroxylation is 2. The fourth-order valence-corrected chi connectivity index (χ4v) is 2.71. The van der Waals surface area contributed by atoms with Gasteiger partial charge in [0.25, 0.3) is 5.91 Å². The highest BCUT2D eigenvalue weighted by atomic mass is 127. The summed E-state index contributed by atoms with van der Waals surface area (Å²) in [6.45, 7) is 3.86. The van der Waals surface area contributed by atoms with Gasteiger partial charge in [-0.2, -0.15) is 4.98 Å². The molecule has 0 aliphatic heterocycles. The summed E-state index contributed by atoms with van der Waals surface area (Å²) in [4.78, 5) is 16.7. The maximum atomic E-state index is 12.6. The molecule has 0 saturated heterocycles. The van der Waals surface area contributed by atoms with Crippen LogP contribution in [0.1, 0.15) is 27.6 Å². The van der Waals surface area contributed by atoms with E-state index < -0.39 is 0 Å². The van der Waals surface area contributed by atoms with Gasteiger partial charge in [-0.1, -0.05) is 23.4 Å². The second kappa shape index (κ2) is 7.64. The Balaban J connectivity index is 1.74. The van der Waals surface area contributed by atoms with Crippen molar-refractivity contribution in [1.82, 2.24) is 10.1 Å². The molecule has 0 aliphatic carbocycles. The van der Waals surface area contributed by atoms with E-state index in [4.69, 9.17) is 9.26 Å². The predicted octanol–water partition coefficient (Wildman–Crippen LogP) is 4.12. The van der Waals surface area contributed by atoms with Crippen LogP contribution in [0.2, 0.25) is 0 Å². The highest BCUT2D eigenvalue weighted by molar-refractivity contribution is 14.1. The van der Waals surface area contributed by atoms with E-state index in [0.717, 1.165) is 14.8 Å². The predicted molar refractivity (Wildman–Crippen MR) is 102 cm³/mol. The molecule has 3 rings (SSSR count). The molecule has 0 radical (unpaired) electrons. The molecule has 7 heteroatoms. The van der Waals surface area contributed by atoms with E-state index >= 15 is 0 Å². The SMILES string of the molecule is Cc1nc(COc2ccccc2C(=O)Nc2ccc(C)c(I)c2)no1. The standard InChI is InChI=1S/C18H16IN3O3/c1-11-7-8-13(9-15(11)19)21-18(23)14-5-3-4-6-16(14)24-10-17-20-12(2)25-22-17/h3-9H,10H2,1-2H3,(H,21,23). The maximum Gasteiger partial charge on any atom is 0.259 e. The van der Waals surface area contributed by atoms with Crippen molar-refractivity contribution in [2.45, 2.75) is 20.5 Å². The highest BCUT2D eigenvalue weighted by Gasteiger charge is 2.14. The van der Waals surface area contributed by atoms with Gasteiger partial charge in [-0.15, -0.1) is 0 Å². The van der Waals surface area contributed by atoms with Gasteiger partial charge in [0.2, 0.25) is 11.7 Å². The third-order valence-electron chi connectivity index (χ3n) is 3.49. The zero-order valence-electron chi connectivity index (χ0n) is 13.7. The lowest BCUT2D eigenvalue weighted by molar-refractivity contribution is 0.102. The first kappa shape index (κ1) is 17.4. The second-order valence-corrected chi connectivity index (χ2v) is 6.59. The van der Waals surface area contributed by atoms with Gasteiger partial charge >= 0.3 is 0 Å². The lowest BCUT2D eigenvalue weighted by Crippen LogP contribution is -2.14. The fraction of sp³-hybridized carbons (Fsp3) is 0.167. The number of anilines is 1. The van der Waals surface area contributed by atoms with E-state index in [2.05, 4.69) is 38.0 Å². The number of nitrogens with zero attached hydrogens (tertiary/aromatic N) is 2. The summed E-state index contributed by atoms with van der Waals surface area (Å²) in [5.74, 6) is 1.13. The average Bonchev–Trinajstić information content (AvgIpc) is 3.02. The summed E-state index contributed by atoms with van der Waals surface area (Å²) < 4.78 is 11.7. The first-order valence-electron chi connectivity index (χ1n) is 7.61. The number of nitrogens with one attached hydrogen (secondary N) is 1. The van der Waals surface area contributed by atoms with Crippen LogP contribution < -0.4 is 10.1 Å². The van der Waals surface area contributed by atoms with Crippen molar-refractivity contribution in [2.75, 3.05) is 5.32 Å². The van der Waals surface area contributed by atoms with E-state index in [1.807, 2.05) is 31.2 Å². The normalized spacial score (nSPS) is 10.5. The van der Waals surface area contributed by atoms with Crippen molar-refractivity contribution in [1.29, 1.82) is 0 Å². The van der Waals surface area contributed by atoms with Gasteiger partial charge in [0.15, 0.2) is 6.61 Å². The van der Waals surface area contributed by atoms with Gasteiger partial charge in [-0.05, 0) is 59.3 Å². The minimum absolute atomic E-state index is 0.129. The van der Waals surface area contributed by atoms with Crippen LogP contribution in [0.15, 0.2) is 47.0 Å². The Hall–Kier alpha value is -2.42. The quantitative estimate of drug-likeness (QED) is 0.593. The molecular weight excluding hydrogens is 433 g/mol. The Kier molecular flexibility index (Phi) is 5.32. The number of hydrogen-bond donors (Lipinski definition) is 1. The number of para-hydroxylation sites is 1. The van der Waals surface area contributed by atoms with Crippen LogP contribution in [0.3, 0.4) is 0 Å².